The van der Waals surface area contributed by atoms with E-state index in [1.165, 1.54) is 30.5 Å². The highest BCUT2D eigenvalue weighted by molar-refractivity contribution is 6.01. The van der Waals surface area contributed by atoms with Crippen LogP contribution in [0, 0.1) is 18.6 Å². The summed E-state index contributed by atoms with van der Waals surface area (Å²) in [7, 11) is 0. The zero-order chi connectivity index (χ0) is 31.8. The van der Waals surface area contributed by atoms with Crippen molar-refractivity contribution in [2.24, 2.45) is 0 Å². The molecule has 4 aliphatic heterocycles. The topological polar surface area (TPSA) is 116 Å². The zero-order valence-electron chi connectivity index (χ0n) is 25.4. The molecule has 0 saturated carbocycles. The maximum absolute atomic E-state index is 16.8. The van der Waals surface area contributed by atoms with Crippen LogP contribution in [0.15, 0.2) is 30.5 Å². The summed E-state index contributed by atoms with van der Waals surface area (Å²) in [4.78, 5) is 30.0. The number of anilines is 1. The number of aromatic hydroxyl groups is 1. The van der Waals surface area contributed by atoms with E-state index in [1.807, 2.05) is 4.90 Å². The Morgan fingerprint density at radius 2 is 2.00 bits per heavy atom. The Bertz CT molecular complexity index is 1910. The molecule has 0 bridgehead atoms. The van der Waals surface area contributed by atoms with Gasteiger partial charge in [0, 0.05) is 44.4 Å². The molecule has 6 heterocycles. The predicted molar refractivity (Wildman–Crippen MR) is 166 cm³/mol. The number of benzene rings is 2. The number of nitrogens with one attached hydrogen (secondary N) is 2. The van der Waals surface area contributed by atoms with Crippen molar-refractivity contribution in [2.75, 3.05) is 44.2 Å². The van der Waals surface area contributed by atoms with E-state index < -0.39 is 28.9 Å². The summed E-state index contributed by atoms with van der Waals surface area (Å²) in [6.07, 6.45) is 4.18. The van der Waals surface area contributed by atoms with Crippen LogP contribution in [0.1, 0.15) is 37.7 Å². The highest BCUT2D eigenvalue weighted by Crippen LogP contribution is 2.42. The molecule has 4 aromatic rings. The van der Waals surface area contributed by atoms with Crippen molar-refractivity contribution in [2.45, 2.75) is 56.3 Å². The molecule has 3 N–H and O–H groups in total. The molecular weight excluding hydrogens is 599 g/mol. The van der Waals surface area contributed by atoms with Gasteiger partial charge in [-0.25, -0.2) is 18.0 Å². The van der Waals surface area contributed by atoms with Crippen LogP contribution in [0.5, 0.6) is 11.8 Å². The van der Waals surface area contributed by atoms with Crippen molar-refractivity contribution in [1.29, 1.82) is 0 Å². The maximum atomic E-state index is 16.8. The molecular formula is C33H34F3N7O3. The van der Waals surface area contributed by atoms with E-state index >= 15 is 4.39 Å². The Morgan fingerprint density at radius 3 is 2.83 bits per heavy atom. The Labute approximate surface area is 263 Å². The summed E-state index contributed by atoms with van der Waals surface area (Å²) in [5, 5.41) is 17.7. The first kappa shape index (κ1) is 29.0. The van der Waals surface area contributed by atoms with Crippen molar-refractivity contribution >= 4 is 33.5 Å². The summed E-state index contributed by atoms with van der Waals surface area (Å²) in [6, 6.07) is 5.43. The van der Waals surface area contributed by atoms with Crippen molar-refractivity contribution < 1.29 is 27.8 Å². The molecule has 4 saturated heterocycles. The van der Waals surface area contributed by atoms with Gasteiger partial charge >= 0.3 is 12.0 Å². The third-order valence-electron chi connectivity index (χ3n) is 10.3. The molecule has 8 rings (SSSR count). The number of hydrogen-bond acceptors (Lipinski definition) is 8. The number of phenolic OH excluding ortho intramolecular Hbond substituents is 1. The third-order valence-corrected chi connectivity index (χ3v) is 10.3. The fourth-order valence-corrected chi connectivity index (χ4v) is 8.09. The van der Waals surface area contributed by atoms with Crippen LogP contribution in [-0.2, 0) is 0 Å². The molecule has 2 aromatic heterocycles. The Kier molecular flexibility index (Phi) is 6.68. The van der Waals surface area contributed by atoms with Gasteiger partial charge in [0.25, 0.3) is 0 Å². The van der Waals surface area contributed by atoms with Gasteiger partial charge in [-0.2, -0.15) is 9.97 Å². The molecule has 46 heavy (non-hydrogen) atoms. The van der Waals surface area contributed by atoms with Crippen LogP contribution < -0.4 is 20.3 Å². The molecule has 13 heteroatoms. The Balaban J connectivity index is 1.26. The smallest absolute Gasteiger partial charge is 0.319 e. The largest absolute Gasteiger partial charge is 0.508 e. The fourth-order valence-electron chi connectivity index (χ4n) is 8.09. The minimum Gasteiger partial charge on any atom is -0.508 e. The maximum Gasteiger partial charge on any atom is 0.319 e. The summed E-state index contributed by atoms with van der Waals surface area (Å²) < 4.78 is 52.2. The molecule has 1 spiro atoms. The molecule has 10 nitrogen and oxygen atoms in total. The van der Waals surface area contributed by atoms with Crippen LogP contribution in [-0.4, -0.2) is 87.6 Å². The lowest BCUT2D eigenvalue weighted by molar-refractivity contribution is 0.107. The average molecular weight is 634 g/mol. The van der Waals surface area contributed by atoms with Crippen molar-refractivity contribution in [3.8, 4) is 23.0 Å². The molecule has 3 atom stereocenters. The molecule has 0 radical (unpaired) electrons. The fraction of sp³-hybridized carbons (Fsp3) is 0.455. The van der Waals surface area contributed by atoms with Gasteiger partial charge in [-0.3, -0.25) is 9.88 Å². The zero-order valence-corrected chi connectivity index (χ0v) is 25.4. The third kappa shape index (κ3) is 4.66. The van der Waals surface area contributed by atoms with Gasteiger partial charge in [0.15, 0.2) is 5.82 Å². The minimum absolute atomic E-state index is 0.0423. The standard InChI is InChI=1S/C33H34F3N7O3/c1-18-24(35)5-4-19-10-21(44)11-22(25(18)19)27-26(36)28-23(13-37-27)29(42-8-2-6-32(16-42)15-38-30(45)41-32)40-31(39-28)46-17-33-7-3-9-43(33)14-20(34)12-33/h4-5,10-11,13,20,44H,2-3,6-9,12,14-17H2,1H3,(H2,38,41,45)/t20-,32?,33+/m1/s1. The van der Waals surface area contributed by atoms with Gasteiger partial charge in [0.2, 0.25) is 0 Å². The van der Waals surface area contributed by atoms with Crippen molar-refractivity contribution in [1.82, 2.24) is 30.5 Å². The Morgan fingerprint density at radius 1 is 1.15 bits per heavy atom. The number of piperidine rings is 1. The predicted octanol–water partition coefficient (Wildman–Crippen LogP) is 4.74. The van der Waals surface area contributed by atoms with Gasteiger partial charge in [0.05, 0.1) is 16.5 Å². The van der Waals surface area contributed by atoms with Gasteiger partial charge in [-0.1, -0.05) is 6.07 Å². The number of nitrogens with zero attached hydrogens (tertiary/aromatic N) is 5. The summed E-state index contributed by atoms with van der Waals surface area (Å²) in [5.41, 5.74) is -0.584. The van der Waals surface area contributed by atoms with Crippen LogP contribution >= 0.6 is 0 Å². The molecule has 2 aromatic carbocycles. The first-order valence-electron chi connectivity index (χ1n) is 15.8. The molecule has 240 valence electrons. The minimum atomic E-state index is -0.937. The number of halogens is 3. The molecule has 0 aliphatic carbocycles. The molecule has 4 fully saturated rings. The first-order chi connectivity index (χ1) is 22.1. The van der Waals surface area contributed by atoms with E-state index in [4.69, 9.17) is 9.72 Å². The lowest BCUT2D eigenvalue weighted by Crippen LogP contribution is -2.56. The van der Waals surface area contributed by atoms with Gasteiger partial charge in [-0.05, 0) is 73.7 Å². The lowest BCUT2D eigenvalue weighted by atomic mass is 9.90. The number of aryl methyl sites for hydroxylation is 1. The number of carbonyl (C=O) groups excluding carboxylic acids is 1. The monoisotopic (exact) mass is 633 g/mol. The summed E-state index contributed by atoms with van der Waals surface area (Å²) in [6.45, 7) is 4.41. The Hall–Kier alpha value is -4.39. The summed E-state index contributed by atoms with van der Waals surface area (Å²) in [5.74, 6) is -0.932. The number of urea groups is 1. The number of aromatic nitrogens is 3. The number of fused-ring (bicyclic) bond motifs is 3. The van der Waals surface area contributed by atoms with Gasteiger partial charge < -0.3 is 25.4 Å². The molecule has 4 aliphatic rings. The molecule has 2 amide bonds. The van der Waals surface area contributed by atoms with Crippen LogP contribution in [0.25, 0.3) is 32.9 Å². The number of phenols is 1. The number of pyridine rings is 1. The van der Waals surface area contributed by atoms with Crippen LogP contribution in [0.3, 0.4) is 0 Å². The number of rotatable bonds is 5. The van der Waals surface area contributed by atoms with E-state index in [2.05, 4.69) is 25.5 Å². The molecule has 1 unspecified atom stereocenters. The highest BCUT2D eigenvalue weighted by atomic mass is 19.1. The summed E-state index contributed by atoms with van der Waals surface area (Å²) >= 11 is 0. The SMILES string of the molecule is Cc1c(F)ccc2cc(O)cc(-c3ncc4c(N5CCCC6(CNC(=O)N6)C5)nc(OC[C@@]56CCCN5C[C@H](F)C6)nc4c3F)c12. The van der Waals surface area contributed by atoms with Gasteiger partial charge in [0.1, 0.15) is 41.4 Å². The quantitative estimate of drug-likeness (QED) is 0.289. The normalized spacial score (nSPS) is 26.2. The van der Waals surface area contributed by atoms with E-state index in [0.717, 1.165) is 32.2 Å². The van der Waals surface area contributed by atoms with E-state index in [1.54, 1.807) is 6.92 Å². The number of amides is 2. The lowest BCUT2D eigenvalue weighted by Gasteiger charge is -2.40. The van der Waals surface area contributed by atoms with E-state index in [-0.39, 0.29) is 41.2 Å². The van der Waals surface area contributed by atoms with E-state index in [0.29, 0.717) is 60.1 Å². The second-order valence-electron chi connectivity index (χ2n) is 13.3. The number of alkyl halides is 1. The second-order valence-corrected chi connectivity index (χ2v) is 13.3. The van der Waals surface area contributed by atoms with E-state index in [9.17, 15) is 18.7 Å². The first-order valence-corrected chi connectivity index (χ1v) is 15.8. The van der Waals surface area contributed by atoms with Crippen LogP contribution in [0.2, 0.25) is 0 Å². The van der Waals surface area contributed by atoms with Gasteiger partial charge in [-0.15, -0.1) is 0 Å². The average Bonchev–Trinajstić information content (AvgIpc) is 3.68. The second kappa shape index (κ2) is 10.6. The van der Waals surface area contributed by atoms with Crippen molar-refractivity contribution in [3.05, 3.63) is 47.7 Å². The highest BCUT2D eigenvalue weighted by Gasteiger charge is 2.49. The van der Waals surface area contributed by atoms with Crippen molar-refractivity contribution in [3.63, 3.8) is 0 Å². The number of ether oxygens (including phenoxy) is 1. The number of hydrogen-bond donors (Lipinski definition) is 3. The van der Waals surface area contributed by atoms with Crippen LogP contribution in [0.4, 0.5) is 23.8 Å². The number of carbonyl (C=O) groups is 1.